The lowest BCUT2D eigenvalue weighted by atomic mass is 9.95. The van der Waals surface area contributed by atoms with Crippen LogP contribution in [-0.2, 0) is 4.79 Å². The molecule has 0 aliphatic carbocycles. The third-order valence-corrected chi connectivity index (χ3v) is 4.19. The Morgan fingerprint density at radius 3 is 2.90 bits per heavy atom. The predicted octanol–water partition coefficient (Wildman–Crippen LogP) is 2.09. The molecule has 1 aromatic rings. The van der Waals surface area contributed by atoms with Gasteiger partial charge in [-0.15, -0.1) is 0 Å². The van der Waals surface area contributed by atoms with E-state index >= 15 is 0 Å². The zero-order chi connectivity index (χ0) is 14.5. The molecule has 0 saturated carbocycles. The molecular weight excluding hydrogens is 252 g/mol. The minimum absolute atomic E-state index is 0.0858. The quantitative estimate of drug-likeness (QED) is 0.836. The first kappa shape index (κ1) is 15.0. The van der Waals surface area contributed by atoms with Crippen molar-refractivity contribution >= 4 is 11.6 Å². The smallest absolute Gasteiger partial charge is 0.228 e. The fourth-order valence-electron chi connectivity index (χ4n) is 2.77. The maximum Gasteiger partial charge on any atom is 0.228 e. The monoisotopic (exact) mass is 276 g/mol. The highest BCUT2D eigenvalue weighted by Gasteiger charge is 2.28. The second-order valence-corrected chi connectivity index (χ2v) is 5.46. The van der Waals surface area contributed by atoms with E-state index in [1.807, 2.05) is 25.2 Å². The molecule has 2 N–H and O–H groups in total. The van der Waals surface area contributed by atoms with Crippen LogP contribution < -0.4 is 10.2 Å². The minimum Gasteiger partial charge on any atom is -0.396 e. The molecule has 0 spiro atoms. The summed E-state index contributed by atoms with van der Waals surface area (Å²) < 4.78 is 0. The number of aliphatic hydroxyl groups excluding tert-OH is 1. The van der Waals surface area contributed by atoms with E-state index in [0.717, 1.165) is 25.1 Å². The molecule has 0 saturated heterocycles. The summed E-state index contributed by atoms with van der Waals surface area (Å²) in [5.41, 5.74) is 2.19. The third kappa shape index (κ3) is 3.19. The number of carbonyl (C=O) groups is 1. The Kier molecular flexibility index (Phi) is 5.15. The van der Waals surface area contributed by atoms with E-state index in [9.17, 15) is 4.79 Å². The average Bonchev–Trinajstić information content (AvgIpc) is 2.48. The van der Waals surface area contributed by atoms with Crippen LogP contribution in [-0.4, -0.2) is 31.2 Å². The van der Waals surface area contributed by atoms with Crippen LogP contribution in [0, 0.1) is 5.92 Å². The normalized spacial score (nSPS) is 19.9. The Morgan fingerprint density at radius 2 is 2.20 bits per heavy atom. The van der Waals surface area contributed by atoms with Crippen LogP contribution in [0.2, 0.25) is 0 Å². The Balaban J connectivity index is 2.09. The number of rotatable bonds is 6. The maximum atomic E-state index is 12.1. The van der Waals surface area contributed by atoms with Gasteiger partial charge in [0.1, 0.15) is 0 Å². The van der Waals surface area contributed by atoms with Crippen LogP contribution in [0.15, 0.2) is 24.3 Å². The third-order valence-electron chi connectivity index (χ3n) is 4.19. The van der Waals surface area contributed by atoms with Crippen LogP contribution >= 0.6 is 0 Å². The second-order valence-electron chi connectivity index (χ2n) is 5.46. The lowest BCUT2D eigenvalue weighted by Crippen LogP contribution is -2.39. The van der Waals surface area contributed by atoms with Crippen LogP contribution in [0.1, 0.15) is 37.8 Å². The molecule has 1 amide bonds. The molecular formula is C16H24N2O2. The molecule has 2 unspecified atom stereocenters. The number of aliphatic hydroxyl groups is 1. The molecule has 4 heteroatoms. The molecule has 1 heterocycles. The van der Waals surface area contributed by atoms with E-state index in [1.165, 1.54) is 5.56 Å². The molecule has 1 aromatic carbocycles. The number of nitrogens with one attached hydrogen (secondary N) is 1. The first-order valence-electron chi connectivity index (χ1n) is 7.37. The molecule has 110 valence electrons. The van der Waals surface area contributed by atoms with Gasteiger partial charge >= 0.3 is 0 Å². The van der Waals surface area contributed by atoms with E-state index < -0.39 is 0 Å². The summed E-state index contributed by atoms with van der Waals surface area (Å²) in [7, 11) is 1.83. The summed E-state index contributed by atoms with van der Waals surface area (Å²) >= 11 is 0. The number of hydrogen-bond donors (Lipinski definition) is 2. The molecule has 1 aliphatic heterocycles. The van der Waals surface area contributed by atoms with Gasteiger partial charge in [-0.1, -0.05) is 31.5 Å². The van der Waals surface area contributed by atoms with E-state index in [4.69, 9.17) is 5.11 Å². The maximum absolute atomic E-state index is 12.1. The Hall–Kier alpha value is -1.39. The van der Waals surface area contributed by atoms with Gasteiger partial charge in [-0.25, -0.2) is 0 Å². The fraction of sp³-hybridized carbons (Fsp3) is 0.562. The highest BCUT2D eigenvalue weighted by atomic mass is 16.3. The van der Waals surface area contributed by atoms with Crippen LogP contribution in [0.5, 0.6) is 0 Å². The van der Waals surface area contributed by atoms with Crippen molar-refractivity contribution in [1.29, 1.82) is 0 Å². The summed E-state index contributed by atoms with van der Waals surface area (Å²) in [5.74, 6) is 0.610. The topological polar surface area (TPSA) is 52.6 Å². The summed E-state index contributed by atoms with van der Waals surface area (Å²) in [6.45, 7) is 3.20. The van der Waals surface area contributed by atoms with Crippen LogP contribution in [0.4, 0.5) is 5.69 Å². The van der Waals surface area contributed by atoms with Crippen molar-refractivity contribution in [3.63, 3.8) is 0 Å². The number of anilines is 1. The van der Waals surface area contributed by atoms with E-state index in [0.29, 0.717) is 12.3 Å². The van der Waals surface area contributed by atoms with Gasteiger partial charge in [-0.05, 0) is 30.5 Å². The predicted molar refractivity (Wildman–Crippen MR) is 80.7 cm³/mol. The number of fused-ring (bicyclic) bond motifs is 1. The lowest BCUT2D eigenvalue weighted by Gasteiger charge is -2.33. The van der Waals surface area contributed by atoms with Crippen molar-refractivity contribution in [1.82, 2.24) is 5.32 Å². The summed E-state index contributed by atoms with van der Waals surface area (Å²) in [6.07, 6.45) is 2.35. The number of benzene rings is 1. The second kappa shape index (κ2) is 6.86. The number of amides is 1. The average molecular weight is 276 g/mol. The molecule has 4 nitrogen and oxygen atoms in total. The molecule has 1 aliphatic rings. The molecule has 20 heavy (non-hydrogen) atoms. The number of nitrogens with zero attached hydrogens (tertiary/aromatic N) is 1. The fourth-order valence-corrected chi connectivity index (χ4v) is 2.77. The minimum atomic E-state index is 0.0858. The van der Waals surface area contributed by atoms with Crippen molar-refractivity contribution in [2.45, 2.75) is 32.2 Å². The van der Waals surface area contributed by atoms with Gasteiger partial charge in [-0.3, -0.25) is 4.79 Å². The van der Waals surface area contributed by atoms with Gasteiger partial charge in [0.15, 0.2) is 0 Å². The molecule has 2 atom stereocenters. The van der Waals surface area contributed by atoms with Crippen molar-refractivity contribution in [2.75, 3.05) is 25.1 Å². The first-order valence-corrected chi connectivity index (χ1v) is 7.37. The Morgan fingerprint density at radius 1 is 1.45 bits per heavy atom. The van der Waals surface area contributed by atoms with Gasteiger partial charge in [0.25, 0.3) is 0 Å². The van der Waals surface area contributed by atoms with Crippen LogP contribution in [0.3, 0.4) is 0 Å². The van der Waals surface area contributed by atoms with E-state index in [1.54, 1.807) is 4.90 Å². The first-order chi connectivity index (χ1) is 9.67. The zero-order valence-electron chi connectivity index (χ0n) is 12.3. The molecule has 0 bridgehead atoms. The Labute approximate surface area is 120 Å². The lowest BCUT2D eigenvalue weighted by molar-refractivity contribution is -0.119. The molecule has 0 fully saturated rings. The van der Waals surface area contributed by atoms with Gasteiger partial charge in [0.05, 0.1) is 0 Å². The van der Waals surface area contributed by atoms with Crippen LogP contribution in [0.25, 0.3) is 0 Å². The highest BCUT2D eigenvalue weighted by Crippen LogP contribution is 2.33. The SMILES string of the molecule is CCC(CCO)CNC1CC(=O)N(C)c2ccccc21. The summed E-state index contributed by atoms with van der Waals surface area (Å²) in [6, 6.07) is 8.14. The number of para-hydroxylation sites is 1. The van der Waals surface area contributed by atoms with Crippen molar-refractivity contribution in [2.24, 2.45) is 5.92 Å². The van der Waals surface area contributed by atoms with Gasteiger partial charge in [-0.2, -0.15) is 0 Å². The highest BCUT2D eigenvalue weighted by molar-refractivity contribution is 5.96. The van der Waals surface area contributed by atoms with E-state index in [2.05, 4.69) is 18.3 Å². The standard InChI is InChI=1S/C16H24N2O2/c1-3-12(8-9-19)11-17-14-10-16(20)18(2)15-7-5-4-6-13(14)15/h4-7,12,14,17,19H,3,8-11H2,1-2H3. The van der Waals surface area contributed by atoms with Gasteiger partial charge < -0.3 is 15.3 Å². The molecule has 2 rings (SSSR count). The van der Waals surface area contributed by atoms with Crippen molar-refractivity contribution in [3.8, 4) is 0 Å². The van der Waals surface area contributed by atoms with E-state index in [-0.39, 0.29) is 18.6 Å². The van der Waals surface area contributed by atoms with Gasteiger partial charge in [0, 0.05) is 31.8 Å². The van der Waals surface area contributed by atoms with Gasteiger partial charge in [0.2, 0.25) is 5.91 Å². The number of hydrogen-bond acceptors (Lipinski definition) is 3. The molecule has 0 aromatic heterocycles. The summed E-state index contributed by atoms with van der Waals surface area (Å²) in [4.78, 5) is 13.8. The van der Waals surface area contributed by atoms with Crippen molar-refractivity contribution in [3.05, 3.63) is 29.8 Å². The summed E-state index contributed by atoms with van der Waals surface area (Å²) in [5, 5.41) is 12.6. The number of carbonyl (C=O) groups excluding carboxylic acids is 1. The van der Waals surface area contributed by atoms with Crippen molar-refractivity contribution < 1.29 is 9.90 Å². The molecule has 0 radical (unpaired) electrons. The largest absolute Gasteiger partial charge is 0.396 e. The Bertz CT molecular complexity index is 462. The zero-order valence-corrected chi connectivity index (χ0v) is 12.3.